The molecule has 2 heterocycles. The molecule has 2 aliphatic heterocycles. The SMILES string of the molecule is O=C(c1ccccc1Cl)[C@@H]1[C@H](c2ccc(F)cc2)C2(C(=O)c3ccccc3C2=O)[C@H]2C=Cc3cc(F)ccc3N12. The molecule has 0 bridgehead atoms. The van der Waals surface area contributed by atoms with Gasteiger partial charge in [-0.2, -0.15) is 0 Å². The van der Waals surface area contributed by atoms with E-state index >= 15 is 0 Å². The molecule has 0 unspecified atom stereocenters. The van der Waals surface area contributed by atoms with E-state index in [0.29, 0.717) is 16.8 Å². The minimum absolute atomic E-state index is 0.224. The van der Waals surface area contributed by atoms with E-state index in [1.165, 1.54) is 36.4 Å². The number of hydrogen-bond donors (Lipinski definition) is 0. The van der Waals surface area contributed by atoms with E-state index in [0.717, 1.165) is 0 Å². The average Bonchev–Trinajstić information content (AvgIpc) is 3.39. The van der Waals surface area contributed by atoms with Gasteiger partial charge in [-0.15, -0.1) is 0 Å². The second-order valence-corrected chi connectivity index (χ2v) is 10.7. The zero-order chi connectivity index (χ0) is 27.8. The molecule has 3 atom stereocenters. The fourth-order valence-electron chi connectivity index (χ4n) is 6.81. The summed E-state index contributed by atoms with van der Waals surface area (Å²) in [6.07, 6.45) is 3.40. The molecule has 3 aliphatic rings. The maximum absolute atomic E-state index is 14.6. The quantitative estimate of drug-likeness (QED) is 0.204. The van der Waals surface area contributed by atoms with Crippen LogP contribution in [0.3, 0.4) is 0 Å². The van der Waals surface area contributed by atoms with Gasteiger partial charge < -0.3 is 4.90 Å². The van der Waals surface area contributed by atoms with Crippen molar-refractivity contribution in [2.24, 2.45) is 5.41 Å². The lowest BCUT2D eigenvalue weighted by Crippen LogP contribution is -2.48. The Kier molecular flexibility index (Phi) is 5.41. The first-order chi connectivity index (χ1) is 19.3. The Morgan fingerprint density at radius 2 is 1.43 bits per heavy atom. The number of Topliss-reactive ketones (excluding diaryl/α,β-unsaturated/α-hetero) is 3. The fraction of sp³-hybridized carbons (Fsp3) is 0.121. The maximum Gasteiger partial charge on any atom is 0.187 e. The number of anilines is 1. The maximum atomic E-state index is 14.6. The molecule has 196 valence electrons. The van der Waals surface area contributed by atoms with Crippen LogP contribution in [0.25, 0.3) is 6.08 Å². The van der Waals surface area contributed by atoms with Crippen molar-refractivity contribution >= 4 is 40.7 Å². The van der Waals surface area contributed by atoms with E-state index in [1.807, 2.05) is 0 Å². The van der Waals surface area contributed by atoms with Crippen molar-refractivity contribution in [1.29, 1.82) is 0 Å². The summed E-state index contributed by atoms with van der Waals surface area (Å²) in [4.78, 5) is 45.4. The van der Waals surface area contributed by atoms with Gasteiger partial charge in [-0.05, 0) is 48.0 Å². The highest BCUT2D eigenvalue weighted by Gasteiger charge is 2.71. The molecular formula is C33H20ClF2NO3. The van der Waals surface area contributed by atoms with E-state index in [2.05, 4.69) is 0 Å². The molecule has 4 nitrogen and oxygen atoms in total. The number of halogens is 3. The Morgan fingerprint density at radius 1 is 0.800 bits per heavy atom. The highest BCUT2D eigenvalue weighted by atomic mass is 35.5. The van der Waals surface area contributed by atoms with Crippen LogP contribution in [0.4, 0.5) is 14.5 Å². The third kappa shape index (κ3) is 3.20. The summed E-state index contributed by atoms with van der Waals surface area (Å²) in [5.41, 5.74) is 0.551. The first-order valence-corrected chi connectivity index (χ1v) is 13.2. The van der Waals surface area contributed by atoms with Crippen molar-refractivity contribution in [1.82, 2.24) is 0 Å². The molecule has 1 aliphatic carbocycles. The van der Waals surface area contributed by atoms with Gasteiger partial charge in [0, 0.05) is 33.9 Å². The third-order valence-corrected chi connectivity index (χ3v) is 8.73. The minimum Gasteiger partial charge on any atom is -0.352 e. The summed E-state index contributed by atoms with van der Waals surface area (Å²) in [6.45, 7) is 0. The Balaban J connectivity index is 1.56. The summed E-state index contributed by atoms with van der Waals surface area (Å²) >= 11 is 6.50. The number of rotatable bonds is 3. The van der Waals surface area contributed by atoms with Crippen LogP contribution in [0.5, 0.6) is 0 Å². The summed E-state index contributed by atoms with van der Waals surface area (Å²) in [5, 5.41) is 0.224. The molecule has 1 saturated heterocycles. The van der Waals surface area contributed by atoms with Crippen LogP contribution in [-0.2, 0) is 0 Å². The lowest BCUT2D eigenvalue weighted by molar-refractivity contribution is 0.0666. The summed E-state index contributed by atoms with van der Waals surface area (Å²) in [6, 6.07) is 21.0. The fourth-order valence-corrected chi connectivity index (χ4v) is 7.04. The third-order valence-electron chi connectivity index (χ3n) is 8.40. The Bertz CT molecular complexity index is 1750. The first-order valence-electron chi connectivity index (χ1n) is 12.8. The zero-order valence-corrected chi connectivity index (χ0v) is 21.6. The van der Waals surface area contributed by atoms with E-state index in [1.54, 1.807) is 71.6 Å². The first kappa shape index (κ1) is 24.6. The summed E-state index contributed by atoms with van der Waals surface area (Å²) < 4.78 is 28.4. The molecule has 7 heteroatoms. The van der Waals surface area contributed by atoms with Crippen LogP contribution in [0.15, 0.2) is 97.1 Å². The Labute approximate surface area is 233 Å². The number of nitrogens with zero attached hydrogens (tertiary/aromatic N) is 1. The van der Waals surface area contributed by atoms with Crippen molar-refractivity contribution in [3.63, 3.8) is 0 Å². The molecular weight excluding hydrogens is 532 g/mol. The van der Waals surface area contributed by atoms with Gasteiger partial charge in [-0.3, -0.25) is 14.4 Å². The van der Waals surface area contributed by atoms with Crippen LogP contribution >= 0.6 is 11.6 Å². The van der Waals surface area contributed by atoms with Crippen LogP contribution in [0, 0.1) is 17.0 Å². The molecule has 0 amide bonds. The van der Waals surface area contributed by atoms with Crippen molar-refractivity contribution in [2.75, 3.05) is 4.90 Å². The molecule has 1 fully saturated rings. The second kappa shape index (κ2) is 8.80. The van der Waals surface area contributed by atoms with Gasteiger partial charge in [-0.25, -0.2) is 8.78 Å². The van der Waals surface area contributed by atoms with Crippen molar-refractivity contribution in [3.05, 3.63) is 142 Å². The minimum atomic E-state index is -1.73. The van der Waals surface area contributed by atoms with Crippen LogP contribution in [0.2, 0.25) is 5.02 Å². The number of carbonyl (C=O) groups is 3. The predicted octanol–water partition coefficient (Wildman–Crippen LogP) is 6.93. The standard InChI is InChI=1S/C33H20ClF2NO3/c34-25-8-4-3-7-24(25)30(38)29-28(18-9-12-20(35)13-10-18)33(31(39)22-5-1-2-6-23(22)32(33)40)27-16-11-19-17-21(36)14-15-26(19)37(27)29/h1-17,27-29H/t27-,28+,29+/m1/s1. The van der Waals surface area contributed by atoms with Gasteiger partial charge in [0.2, 0.25) is 0 Å². The predicted molar refractivity (Wildman–Crippen MR) is 148 cm³/mol. The highest BCUT2D eigenvalue weighted by molar-refractivity contribution is 6.35. The summed E-state index contributed by atoms with van der Waals surface area (Å²) in [5.74, 6) is -3.15. The van der Waals surface area contributed by atoms with Crippen LogP contribution in [-0.4, -0.2) is 29.4 Å². The largest absolute Gasteiger partial charge is 0.352 e. The number of carbonyl (C=O) groups excluding carboxylic acids is 3. The smallest absolute Gasteiger partial charge is 0.187 e. The molecule has 7 rings (SSSR count). The normalized spacial score (nSPS) is 21.9. The number of benzene rings is 4. The van der Waals surface area contributed by atoms with Gasteiger partial charge >= 0.3 is 0 Å². The summed E-state index contributed by atoms with van der Waals surface area (Å²) in [7, 11) is 0. The molecule has 4 aromatic rings. The van der Waals surface area contributed by atoms with E-state index in [-0.39, 0.29) is 21.7 Å². The van der Waals surface area contributed by atoms with Crippen LogP contribution in [0.1, 0.15) is 48.1 Å². The monoisotopic (exact) mass is 551 g/mol. The van der Waals surface area contributed by atoms with Crippen molar-refractivity contribution in [2.45, 2.75) is 18.0 Å². The number of fused-ring (bicyclic) bond motifs is 5. The van der Waals surface area contributed by atoms with Gasteiger partial charge in [0.15, 0.2) is 17.3 Å². The topological polar surface area (TPSA) is 54.5 Å². The Morgan fingerprint density at radius 3 is 2.10 bits per heavy atom. The highest BCUT2D eigenvalue weighted by Crippen LogP contribution is 2.61. The lowest BCUT2D eigenvalue weighted by Gasteiger charge is -2.37. The zero-order valence-electron chi connectivity index (χ0n) is 20.9. The van der Waals surface area contributed by atoms with Gasteiger partial charge in [0.1, 0.15) is 23.1 Å². The van der Waals surface area contributed by atoms with Gasteiger partial charge in [0.05, 0.1) is 11.1 Å². The lowest BCUT2D eigenvalue weighted by atomic mass is 9.64. The van der Waals surface area contributed by atoms with Crippen molar-refractivity contribution in [3.8, 4) is 0 Å². The second-order valence-electron chi connectivity index (χ2n) is 10.3. The van der Waals surface area contributed by atoms with Gasteiger partial charge in [0.25, 0.3) is 0 Å². The van der Waals surface area contributed by atoms with Crippen molar-refractivity contribution < 1.29 is 23.2 Å². The van der Waals surface area contributed by atoms with E-state index in [4.69, 9.17) is 11.6 Å². The average molecular weight is 552 g/mol. The van der Waals surface area contributed by atoms with Gasteiger partial charge in [-0.1, -0.05) is 72.3 Å². The van der Waals surface area contributed by atoms with Crippen LogP contribution < -0.4 is 4.90 Å². The molecule has 0 radical (unpaired) electrons. The van der Waals surface area contributed by atoms with E-state index < -0.39 is 52.4 Å². The Hall–Kier alpha value is -4.42. The number of ketones is 3. The molecule has 40 heavy (non-hydrogen) atoms. The molecule has 0 N–H and O–H groups in total. The molecule has 0 saturated carbocycles. The number of hydrogen-bond acceptors (Lipinski definition) is 4. The molecule has 1 spiro atoms. The van der Waals surface area contributed by atoms with E-state index in [9.17, 15) is 23.2 Å². The molecule has 4 aromatic carbocycles. The molecule has 0 aromatic heterocycles.